The van der Waals surface area contributed by atoms with Crippen LogP contribution in [0.1, 0.15) is 12.0 Å². The van der Waals surface area contributed by atoms with Crippen LogP contribution in [0.4, 0.5) is 5.82 Å². The summed E-state index contributed by atoms with van der Waals surface area (Å²) >= 11 is 0. The van der Waals surface area contributed by atoms with E-state index in [0.29, 0.717) is 28.9 Å². The number of ether oxygens (including phenoxy) is 1. The molecule has 3 saturated heterocycles. The number of hydrogen-bond donors (Lipinski definition) is 1. The molecule has 0 radical (unpaired) electrons. The van der Waals surface area contributed by atoms with Gasteiger partial charge in [0, 0.05) is 48.7 Å². The number of methoxy groups -OCH3 is 1. The average Bonchev–Trinajstić information content (AvgIpc) is 3.10. The highest BCUT2D eigenvalue weighted by atomic mass is 16.5. The van der Waals surface area contributed by atoms with E-state index in [1.165, 1.54) is 6.42 Å². The van der Waals surface area contributed by atoms with Crippen molar-refractivity contribution in [3.8, 4) is 22.9 Å². The van der Waals surface area contributed by atoms with Crippen LogP contribution in [0, 0.1) is 11.3 Å². The lowest BCUT2D eigenvalue weighted by Crippen LogP contribution is -2.67. The van der Waals surface area contributed by atoms with Gasteiger partial charge in [-0.25, -0.2) is 9.50 Å². The predicted octanol–water partition coefficient (Wildman–Crippen LogP) is 1.83. The minimum atomic E-state index is 0.499. The summed E-state index contributed by atoms with van der Waals surface area (Å²) in [6.45, 7) is 2.04. The van der Waals surface area contributed by atoms with E-state index in [1.807, 2.05) is 18.5 Å². The molecule has 3 aliphatic heterocycles. The molecular weight excluding hydrogens is 328 g/mol. The van der Waals surface area contributed by atoms with Gasteiger partial charge in [0.25, 0.3) is 0 Å². The first-order chi connectivity index (χ1) is 12.7. The Hall–Kier alpha value is -3.11. The number of nitriles is 1. The molecule has 26 heavy (non-hydrogen) atoms. The molecule has 0 saturated carbocycles. The number of piperidine rings is 1. The second-order valence-electron chi connectivity index (χ2n) is 6.87. The second kappa shape index (κ2) is 5.71. The average molecular weight is 346 g/mol. The molecule has 2 unspecified atom stereocenters. The molecule has 7 nitrogen and oxygen atoms in total. The molecule has 6 rings (SSSR count). The first kappa shape index (κ1) is 15.2. The number of rotatable bonds is 3. The van der Waals surface area contributed by atoms with Gasteiger partial charge >= 0.3 is 0 Å². The summed E-state index contributed by atoms with van der Waals surface area (Å²) in [5.74, 6) is 1.65. The number of nitrogens with one attached hydrogen (secondary N) is 1. The molecule has 3 aliphatic rings. The number of nitrogens with zero attached hydrogens (tertiary/aromatic N) is 5. The lowest BCUT2D eigenvalue weighted by atomic mass is 9.91. The minimum Gasteiger partial charge on any atom is -0.494 e. The van der Waals surface area contributed by atoms with Gasteiger partial charge in [-0.3, -0.25) is 0 Å². The maximum absolute atomic E-state index is 9.23. The minimum absolute atomic E-state index is 0.499. The highest BCUT2D eigenvalue weighted by Gasteiger charge is 2.36. The molecule has 7 heteroatoms. The van der Waals surface area contributed by atoms with Crippen molar-refractivity contribution in [2.45, 2.75) is 18.5 Å². The molecule has 130 valence electrons. The van der Waals surface area contributed by atoms with Crippen molar-refractivity contribution < 1.29 is 4.74 Å². The monoisotopic (exact) mass is 346 g/mol. The summed E-state index contributed by atoms with van der Waals surface area (Å²) in [6, 6.07) is 9.43. The smallest absolute Gasteiger partial charge is 0.146 e. The standard InChI is InChI=1S/C19H18N6O/c1-26-17-4-13(9-25-19(17)14(6-20)8-22-25)12-2-3-18(21-7-12)24-10-15-5-16(11-24)23-15/h2-4,7-9,15-16,23H,5,10-11H2,1H3. The Morgan fingerprint density at radius 3 is 2.69 bits per heavy atom. The van der Waals surface area contributed by atoms with Crippen molar-refractivity contribution in [2.24, 2.45) is 0 Å². The normalized spacial score (nSPS) is 21.3. The van der Waals surface area contributed by atoms with E-state index in [2.05, 4.69) is 38.5 Å². The number of hydrogen-bond acceptors (Lipinski definition) is 6. The van der Waals surface area contributed by atoms with Crippen molar-refractivity contribution in [1.82, 2.24) is 19.9 Å². The zero-order valence-electron chi connectivity index (χ0n) is 14.4. The molecule has 2 atom stereocenters. The number of aromatic nitrogens is 3. The number of anilines is 1. The van der Waals surface area contributed by atoms with Gasteiger partial charge in [0.15, 0.2) is 0 Å². The van der Waals surface area contributed by atoms with Crippen molar-refractivity contribution in [2.75, 3.05) is 25.1 Å². The van der Waals surface area contributed by atoms with Crippen molar-refractivity contribution in [1.29, 1.82) is 5.26 Å². The summed E-state index contributed by atoms with van der Waals surface area (Å²) in [6.07, 6.45) is 6.62. The lowest BCUT2D eigenvalue weighted by Gasteiger charge is -2.48. The summed E-state index contributed by atoms with van der Waals surface area (Å²) in [4.78, 5) is 7.01. The van der Waals surface area contributed by atoms with Gasteiger partial charge in [-0.15, -0.1) is 0 Å². The number of pyridine rings is 2. The fraction of sp³-hybridized carbons (Fsp3) is 0.316. The number of piperazine rings is 1. The molecule has 1 N–H and O–H groups in total. The van der Waals surface area contributed by atoms with Crippen LogP contribution in [0.2, 0.25) is 0 Å². The van der Waals surface area contributed by atoms with E-state index in [0.717, 1.165) is 30.0 Å². The first-order valence-electron chi connectivity index (χ1n) is 8.68. The number of fused-ring (bicyclic) bond motifs is 3. The molecule has 0 spiro atoms. The van der Waals surface area contributed by atoms with Crippen molar-refractivity contribution >= 4 is 11.3 Å². The van der Waals surface area contributed by atoms with Gasteiger partial charge in [0.1, 0.15) is 28.7 Å². The van der Waals surface area contributed by atoms with Crippen LogP contribution in [0.25, 0.3) is 16.6 Å². The van der Waals surface area contributed by atoms with Gasteiger partial charge < -0.3 is 15.0 Å². The Morgan fingerprint density at radius 2 is 2.04 bits per heavy atom. The lowest BCUT2D eigenvalue weighted by molar-refractivity contribution is 0.225. The zero-order chi connectivity index (χ0) is 17.7. The fourth-order valence-corrected chi connectivity index (χ4v) is 3.92. The van der Waals surface area contributed by atoms with Gasteiger partial charge in [-0.2, -0.15) is 10.4 Å². The quantitative estimate of drug-likeness (QED) is 0.779. The summed E-state index contributed by atoms with van der Waals surface area (Å²) in [5.41, 5.74) is 3.12. The van der Waals surface area contributed by atoms with Crippen LogP contribution in [0.15, 0.2) is 36.8 Å². The highest BCUT2D eigenvalue weighted by Crippen LogP contribution is 2.31. The third-order valence-corrected chi connectivity index (χ3v) is 5.24. The molecule has 3 fully saturated rings. The van der Waals surface area contributed by atoms with Crippen molar-refractivity contribution in [3.05, 3.63) is 42.4 Å². The topological polar surface area (TPSA) is 78.5 Å². The molecule has 3 aromatic heterocycles. The Morgan fingerprint density at radius 1 is 1.23 bits per heavy atom. The van der Waals surface area contributed by atoms with Crippen LogP contribution in [0.3, 0.4) is 0 Å². The third kappa shape index (κ3) is 2.30. The molecule has 6 heterocycles. The van der Waals surface area contributed by atoms with E-state index >= 15 is 0 Å². The molecule has 3 aromatic rings. The van der Waals surface area contributed by atoms with Crippen molar-refractivity contribution in [3.63, 3.8) is 0 Å². The van der Waals surface area contributed by atoms with E-state index in [1.54, 1.807) is 17.8 Å². The van der Waals surface area contributed by atoms with Crippen LogP contribution in [-0.4, -0.2) is 46.9 Å². The molecular formula is C19H18N6O. The van der Waals surface area contributed by atoms with E-state index in [-0.39, 0.29) is 0 Å². The summed E-state index contributed by atoms with van der Waals surface area (Å²) in [5, 5.41) is 17.0. The Kier molecular flexibility index (Phi) is 3.33. The van der Waals surface area contributed by atoms with Gasteiger partial charge in [0.05, 0.1) is 13.3 Å². The predicted molar refractivity (Wildman–Crippen MR) is 97.2 cm³/mol. The maximum Gasteiger partial charge on any atom is 0.146 e. The Balaban J connectivity index is 1.49. The highest BCUT2D eigenvalue weighted by molar-refractivity contribution is 5.75. The fourth-order valence-electron chi connectivity index (χ4n) is 3.92. The second-order valence-corrected chi connectivity index (χ2v) is 6.87. The summed E-state index contributed by atoms with van der Waals surface area (Å²) < 4.78 is 7.16. The Labute approximate surface area is 150 Å². The van der Waals surface area contributed by atoms with E-state index in [4.69, 9.17) is 4.74 Å². The van der Waals surface area contributed by atoms with Crippen LogP contribution >= 0.6 is 0 Å². The van der Waals surface area contributed by atoms with Crippen LogP contribution in [-0.2, 0) is 0 Å². The zero-order valence-corrected chi connectivity index (χ0v) is 14.4. The SMILES string of the molecule is COc1cc(-c2ccc(N3CC4CC(C3)N4)nc2)cn2ncc(C#N)c12. The molecule has 0 aromatic carbocycles. The molecule has 2 bridgehead atoms. The van der Waals surface area contributed by atoms with E-state index < -0.39 is 0 Å². The maximum atomic E-state index is 9.23. The largest absolute Gasteiger partial charge is 0.494 e. The van der Waals surface area contributed by atoms with Gasteiger partial charge in [-0.1, -0.05) is 0 Å². The third-order valence-electron chi connectivity index (χ3n) is 5.24. The molecule has 0 aliphatic carbocycles. The summed E-state index contributed by atoms with van der Waals surface area (Å²) in [7, 11) is 1.60. The van der Waals surface area contributed by atoms with E-state index in [9.17, 15) is 5.26 Å². The van der Waals surface area contributed by atoms with Gasteiger partial charge in [0.2, 0.25) is 0 Å². The molecule has 0 amide bonds. The first-order valence-corrected chi connectivity index (χ1v) is 8.68. The Bertz CT molecular complexity index is 1000. The van der Waals surface area contributed by atoms with Crippen LogP contribution in [0.5, 0.6) is 5.75 Å². The van der Waals surface area contributed by atoms with Gasteiger partial charge in [-0.05, 0) is 24.6 Å². The van der Waals surface area contributed by atoms with Crippen LogP contribution < -0.4 is 15.0 Å².